The summed E-state index contributed by atoms with van der Waals surface area (Å²) in [5.41, 5.74) is 2.04. The van der Waals surface area contributed by atoms with Crippen molar-refractivity contribution in [3.05, 3.63) is 69.2 Å². The van der Waals surface area contributed by atoms with Crippen molar-refractivity contribution in [2.75, 3.05) is 0 Å². The second-order valence-electron chi connectivity index (χ2n) is 4.70. The maximum atomic E-state index is 12.8. The lowest BCUT2D eigenvalue weighted by molar-refractivity contribution is 0.875. The Morgan fingerprint density at radius 1 is 1.14 bits per heavy atom. The summed E-state index contributed by atoms with van der Waals surface area (Å²) in [6.45, 7) is 1.87. The van der Waals surface area contributed by atoms with Crippen LogP contribution in [0.5, 0.6) is 0 Å². The molecule has 0 radical (unpaired) electrons. The normalized spacial score (nSPS) is 11.0. The van der Waals surface area contributed by atoms with E-state index in [1.54, 1.807) is 12.1 Å². The van der Waals surface area contributed by atoms with Gasteiger partial charge in [-0.15, -0.1) is 11.6 Å². The quantitative estimate of drug-likeness (QED) is 0.667. The van der Waals surface area contributed by atoms with Crippen molar-refractivity contribution in [2.45, 2.75) is 12.8 Å². The van der Waals surface area contributed by atoms with Gasteiger partial charge in [-0.05, 0) is 36.8 Å². The highest BCUT2D eigenvalue weighted by Crippen LogP contribution is 2.23. The number of rotatable bonds is 2. The van der Waals surface area contributed by atoms with E-state index in [-0.39, 0.29) is 11.4 Å². The fraction of sp³-hybridized carbons (Fsp3) is 0.125. The molecule has 0 aliphatic carbocycles. The van der Waals surface area contributed by atoms with Crippen molar-refractivity contribution < 1.29 is 0 Å². The number of fused-ring (bicyclic) bond motifs is 1. The molecule has 1 aromatic heterocycles. The van der Waals surface area contributed by atoms with E-state index >= 15 is 0 Å². The van der Waals surface area contributed by atoms with E-state index in [2.05, 4.69) is 4.98 Å². The molecule has 0 atom stereocenters. The van der Waals surface area contributed by atoms with Crippen LogP contribution in [0.1, 0.15) is 11.4 Å². The molecule has 3 aromatic rings. The molecule has 21 heavy (non-hydrogen) atoms. The third kappa shape index (κ3) is 2.33. The topological polar surface area (TPSA) is 34.9 Å². The molecule has 1 heterocycles. The van der Waals surface area contributed by atoms with Gasteiger partial charge in [-0.2, -0.15) is 0 Å². The largest absolute Gasteiger partial charge is 0.268 e. The highest BCUT2D eigenvalue weighted by molar-refractivity contribution is 6.31. The molecule has 0 fully saturated rings. The molecule has 2 aromatic carbocycles. The van der Waals surface area contributed by atoms with Gasteiger partial charge in [0.05, 0.1) is 22.5 Å². The van der Waals surface area contributed by atoms with E-state index in [9.17, 15) is 4.79 Å². The number of hydrogen-bond acceptors (Lipinski definition) is 2. The lowest BCUT2D eigenvalue weighted by Crippen LogP contribution is -2.24. The van der Waals surface area contributed by atoms with Crippen molar-refractivity contribution in [1.82, 2.24) is 9.55 Å². The van der Waals surface area contributed by atoms with Gasteiger partial charge in [0.15, 0.2) is 0 Å². The molecule has 0 saturated carbocycles. The first-order chi connectivity index (χ1) is 10.1. The minimum absolute atomic E-state index is 0.137. The Kier molecular flexibility index (Phi) is 3.70. The molecular formula is C16H12Cl2N2O. The van der Waals surface area contributed by atoms with Crippen LogP contribution < -0.4 is 5.56 Å². The van der Waals surface area contributed by atoms with Gasteiger partial charge in [-0.25, -0.2) is 4.98 Å². The molecule has 0 amide bonds. The number of para-hydroxylation sites is 1. The predicted molar refractivity (Wildman–Crippen MR) is 86.6 cm³/mol. The second-order valence-corrected chi connectivity index (χ2v) is 5.38. The molecule has 0 bridgehead atoms. The minimum Gasteiger partial charge on any atom is -0.268 e. The first-order valence-corrected chi connectivity index (χ1v) is 7.37. The SMILES string of the molecule is Cc1c(Cl)cccc1-n1c(CCl)nc2ccccc2c1=O. The molecule has 0 spiro atoms. The zero-order chi connectivity index (χ0) is 15.0. The standard InChI is InChI=1S/C16H12Cl2N2O/c1-10-12(18)6-4-8-14(10)20-15(9-17)19-13-7-3-2-5-11(13)16(20)21/h2-8H,9H2,1H3. The van der Waals surface area contributed by atoms with E-state index in [4.69, 9.17) is 23.2 Å². The van der Waals surface area contributed by atoms with Crippen molar-refractivity contribution in [2.24, 2.45) is 0 Å². The Morgan fingerprint density at radius 3 is 2.67 bits per heavy atom. The van der Waals surface area contributed by atoms with E-state index < -0.39 is 0 Å². The van der Waals surface area contributed by atoms with Gasteiger partial charge in [0.1, 0.15) is 5.82 Å². The first-order valence-electron chi connectivity index (χ1n) is 6.45. The van der Waals surface area contributed by atoms with Crippen LogP contribution in [0.25, 0.3) is 16.6 Å². The highest BCUT2D eigenvalue weighted by atomic mass is 35.5. The number of halogens is 2. The summed E-state index contributed by atoms with van der Waals surface area (Å²) in [7, 11) is 0. The summed E-state index contributed by atoms with van der Waals surface area (Å²) in [6, 6.07) is 12.7. The smallest absolute Gasteiger partial charge is 0.266 e. The van der Waals surface area contributed by atoms with E-state index in [0.29, 0.717) is 27.4 Å². The van der Waals surface area contributed by atoms with E-state index in [0.717, 1.165) is 5.56 Å². The van der Waals surface area contributed by atoms with Crippen LogP contribution in [0.4, 0.5) is 0 Å². The van der Waals surface area contributed by atoms with Crippen molar-refractivity contribution >= 4 is 34.1 Å². The monoisotopic (exact) mass is 318 g/mol. The Bertz CT molecular complexity index is 887. The highest BCUT2D eigenvalue weighted by Gasteiger charge is 2.14. The average Bonchev–Trinajstić information content (AvgIpc) is 2.50. The zero-order valence-corrected chi connectivity index (χ0v) is 12.8. The number of nitrogens with zero attached hydrogens (tertiary/aromatic N) is 2. The van der Waals surface area contributed by atoms with Crippen molar-refractivity contribution in [3.8, 4) is 5.69 Å². The lowest BCUT2D eigenvalue weighted by atomic mass is 10.2. The fourth-order valence-corrected chi connectivity index (χ4v) is 2.70. The third-order valence-electron chi connectivity index (χ3n) is 3.44. The van der Waals surface area contributed by atoms with Crippen LogP contribution >= 0.6 is 23.2 Å². The predicted octanol–water partition coefficient (Wildman–Crippen LogP) is 4.09. The molecule has 106 valence electrons. The first kappa shape index (κ1) is 14.1. The molecule has 0 N–H and O–H groups in total. The average molecular weight is 319 g/mol. The van der Waals surface area contributed by atoms with Crippen LogP contribution in [-0.2, 0) is 5.88 Å². The van der Waals surface area contributed by atoms with Crippen LogP contribution in [-0.4, -0.2) is 9.55 Å². The number of alkyl halides is 1. The van der Waals surface area contributed by atoms with Crippen molar-refractivity contribution in [1.29, 1.82) is 0 Å². The summed E-state index contributed by atoms with van der Waals surface area (Å²) >= 11 is 12.2. The van der Waals surface area contributed by atoms with E-state index in [1.807, 2.05) is 37.3 Å². The van der Waals surface area contributed by atoms with Gasteiger partial charge >= 0.3 is 0 Å². The molecule has 0 unspecified atom stereocenters. The fourth-order valence-electron chi connectivity index (χ4n) is 2.36. The van der Waals surface area contributed by atoms with Gasteiger partial charge in [0.25, 0.3) is 5.56 Å². The Morgan fingerprint density at radius 2 is 1.90 bits per heavy atom. The third-order valence-corrected chi connectivity index (χ3v) is 4.09. The Hall–Kier alpha value is -1.84. The van der Waals surface area contributed by atoms with Crippen LogP contribution in [0, 0.1) is 6.92 Å². The van der Waals surface area contributed by atoms with Crippen LogP contribution in [0.15, 0.2) is 47.3 Å². The summed E-state index contributed by atoms with van der Waals surface area (Å²) in [5, 5.41) is 1.17. The van der Waals surface area contributed by atoms with Gasteiger partial charge in [0, 0.05) is 5.02 Å². The van der Waals surface area contributed by atoms with E-state index in [1.165, 1.54) is 4.57 Å². The van der Waals surface area contributed by atoms with Gasteiger partial charge in [-0.1, -0.05) is 29.8 Å². The van der Waals surface area contributed by atoms with Crippen molar-refractivity contribution in [3.63, 3.8) is 0 Å². The van der Waals surface area contributed by atoms with Crippen LogP contribution in [0.3, 0.4) is 0 Å². The molecule has 3 nitrogen and oxygen atoms in total. The summed E-state index contributed by atoms with van der Waals surface area (Å²) < 4.78 is 1.54. The van der Waals surface area contributed by atoms with Crippen LogP contribution in [0.2, 0.25) is 5.02 Å². The lowest BCUT2D eigenvalue weighted by Gasteiger charge is -2.14. The number of hydrogen-bond donors (Lipinski definition) is 0. The summed E-state index contributed by atoms with van der Waals surface area (Å²) in [6.07, 6.45) is 0. The summed E-state index contributed by atoms with van der Waals surface area (Å²) in [5.74, 6) is 0.650. The molecular weight excluding hydrogens is 307 g/mol. The minimum atomic E-state index is -0.137. The second kappa shape index (κ2) is 5.51. The molecule has 0 saturated heterocycles. The maximum Gasteiger partial charge on any atom is 0.266 e. The number of aromatic nitrogens is 2. The number of benzene rings is 2. The molecule has 5 heteroatoms. The summed E-state index contributed by atoms with van der Waals surface area (Å²) in [4.78, 5) is 17.3. The Labute approximate surface area is 131 Å². The molecule has 3 rings (SSSR count). The van der Waals surface area contributed by atoms with Gasteiger partial charge in [0.2, 0.25) is 0 Å². The molecule has 0 aliphatic heterocycles. The Balaban J connectivity index is 2.44. The molecule has 0 aliphatic rings. The zero-order valence-electron chi connectivity index (χ0n) is 11.3. The van der Waals surface area contributed by atoms with Gasteiger partial charge < -0.3 is 0 Å². The van der Waals surface area contributed by atoms with Gasteiger partial charge in [-0.3, -0.25) is 9.36 Å². The maximum absolute atomic E-state index is 12.8.